The Kier molecular flexibility index (Phi) is 4.26. The lowest BCUT2D eigenvalue weighted by Crippen LogP contribution is -2.48. The molecule has 1 N–H and O–H groups in total. The smallest absolute Gasteiger partial charge is 0.0479 e. The normalized spacial score (nSPS) is 33.4. The predicted octanol–water partition coefficient (Wildman–Crippen LogP) is 3.11. The van der Waals surface area contributed by atoms with Crippen LogP contribution in [0.5, 0.6) is 0 Å². The maximum absolute atomic E-state index is 5.27. The molecule has 0 aromatic rings. The zero-order chi connectivity index (χ0) is 11.4. The van der Waals surface area contributed by atoms with Gasteiger partial charge in [-0.05, 0) is 44.4 Å². The van der Waals surface area contributed by atoms with Crippen molar-refractivity contribution in [2.75, 3.05) is 13.7 Å². The van der Waals surface area contributed by atoms with Gasteiger partial charge in [0.1, 0.15) is 0 Å². The molecule has 2 fully saturated rings. The van der Waals surface area contributed by atoms with Gasteiger partial charge in [-0.3, -0.25) is 0 Å². The average Bonchev–Trinajstić information content (AvgIpc) is 2.87. The summed E-state index contributed by atoms with van der Waals surface area (Å²) in [6.07, 6.45) is 10.9. The van der Waals surface area contributed by atoms with Crippen molar-refractivity contribution in [3.63, 3.8) is 0 Å². The van der Waals surface area contributed by atoms with Crippen molar-refractivity contribution in [3.05, 3.63) is 0 Å². The first kappa shape index (κ1) is 12.4. The number of rotatable bonds is 5. The molecule has 0 bridgehead atoms. The molecule has 0 radical (unpaired) electrons. The fourth-order valence-electron chi connectivity index (χ4n) is 3.59. The van der Waals surface area contributed by atoms with Crippen molar-refractivity contribution in [2.24, 2.45) is 5.92 Å². The molecule has 2 saturated carbocycles. The predicted molar refractivity (Wildman–Crippen MR) is 67.6 cm³/mol. The lowest BCUT2D eigenvalue weighted by atomic mass is 9.92. The Bertz CT molecular complexity index is 211. The zero-order valence-electron chi connectivity index (χ0n) is 10.9. The van der Waals surface area contributed by atoms with E-state index in [4.69, 9.17) is 4.74 Å². The highest BCUT2D eigenvalue weighted by Crippen LogP contribution is 2.35. The Hall–Kier alpha value is -0.0800. The lowest BCUT2D eigenvalue weighted by molar-refractivity contribution is 0.148. The van der Waals surface area contributed by atoms with Crippen LogP contribution in [0.2, 0.25) is 0 Å². The molecule has 0 amide bonds. The SMILES string of the molecule is COCCC1(NC2CCC(C)C2)CCCC1. The molecular formula is C14H27NO. The zero-order valence-corrected chi connectivity index (χ0v) is 10.9. The van der Waals surface area contributed by atoms with Crippen LogP contribution in [-0.2, 0) is 4.74 Å². The summed E-state index contributed by atoms with van der Waals surface area (Å²) in [6, 6.07) is 0.782. The first-order valence-corrected chi connectivity index (χ1v) is 7.01. The van der Waals surface area contributed by atoms with Gasteiger partial charge < -0.3 is 10.1 Å². The average molecular weight is 225 g/mol. The minimum Gasteiger partial charge on any atom is -0.385 e. The molecule has 2 rings (SSSR count). The summed E-state index contributed by atoms with van der Waals surface area (Å²) in [5, 5.41) is 3.98. The molecular weight excluding hydrogens is 198 g/mol. The summed E-state index contributed by atoms with van der Waals surface area (Å²) in [4.78, 5) is 0. The molecule has 94 valence electrons. The highest BCUT2D eigenvalue weighted by atomic mass is 16.5. The molecule has 2 aliphatic carbocycles. The van der Waals surface area contributed by atoms with Crippen LogP contribution < -0.4 is 5.32 Å². The Morgan fingerprint density at radius 2 is 2.00 bits per heavy atom. The monoisotopic (exact) mass is 225 g/mol. The van der Waals surface area contributed by atoms with Crippen LogP contribution in [0.4, 0.5) is 0 Å². The molecule has 2 atom stereocenters. The number of ether oxygens (including phenoxy) is 1. The van der Waals surface area contributed by atoms with E-state index in [2.05, 4.69) is 12.2 Å². The Balaban J connectivity index is 1.86. The van der Waals surface area contributed by atoms with Crippen LogP contribution in [-0.4, -0.2) is 25.3 Å². The topological polar surface area (TPSA) is 21.3 Å². The first-order valence-electron chi connectivity index (χ1n) is 7.01. The maximum atomic E-state index is 5.27. The van der Waals surface area contributed by atoms with Crippen molar-refractivity contribution in [1.82, 2.24) is 5.32 Å². The van der Waals surface area contributed by atoms with Crippen molar-refractivity contribution in [1.29, 1.82) is 0 Å². The summed E-state index contributed by atoms with van der Waals surface area (Å²) >= 11 is 0. The number of hydrogen-bond donors (Lipinski definition) is 1. The minimum absolute atomic E-state index is 0.421. The van der Waals surface area contributed by atoms with E-state index in [1.807, 2.05) is 7.11 Å². The number of nitrogens with one attached hydrogen (secondary N) is 1. The third kappa shape index (κ3) is 2.98. The third-order valence-corrected chi connectivity index (χ3v) is 4.55. The summed E-state index contributed by atoms with van der Waals surface area (Å²) in [6.45, 7) is 3.30. The van der Waals surface area contributed by atoms with E-state index in [1.165, 1.54) is 51.4 Å². The minimum atomic E-state index is 0.421. The molecule has 2 nitrogen and oxygen atoms in total. The summed E-state index contributed by atoms with van der Waals surface area (Å²) in [7, 11) is 1.82. The third-order valence-electron chi connectivity index (χ3n) is 4.55. The maximum Gasteiger partial charge on any atom is 0.0479 e. The van der Waals surface area contributed by atoms with Crippen molar-refractivity contribution >= 4 is 0 Å². The van der Waals surface area contributed by atoms with Crippen LogP contribution in [0.25, 0.3) is 0 Å². The van der Waals surface area contributed by atoms with Gasteiger partial charge in [0, 0.05) is 25.3 Å². The van der Waals surface area contributed by atoms with Crippen LogP contribution >= 0.6 is 0 Å². The Morgan fingerprint density at radius 1 is 1.25 bits per heavy atom. The van der Waals surface area contributed by atoms with E-state index >= 15 is 0 Å². The molecule has 0 heterocycles. The van der Waals surface area contributed by atoms with Crippen molar-refractivity contribution < 1.29 is 4.74 Å². The molecule has 0 saturated heterocycles. The quantitative estimate of drug-likeness (QED) is 0.776. The van der Waals surface area contributed by atoms with Gasteiger partial charge in [-0.1, -0.05) is 19.8 Å². The van der Waals surface area contributed by atoms with Gasteiger partial charge in [0.2, 0.25) is 0 Å². The van der Waals surface area contributed by atoms with Crippen LogP contribution in [0.3, 0.4) is 0 Å². The van der Waals surface area contributed by atoms with Crippen molar-refractivity contribution in [3.8, 4) is 0 Å². The van der Waals surface area contributed by atoms with Gasteiger partial charge in [0.15, 0.2) is 0 Å². The molecule has 2 unspecified atom stereocenters. The molecule has 2 heteroatoms. The first-order chi connectivity index (χ1) is 7.74. The van der Waals surface area contributed by atoms with Crippen LogP contribution in [0, 0.1) is 5.92 Å². The van der Waals surface area contributed by atoms with Crippen LogP contribution in [0.15, 0.2) is 0 Å². The van der Waals surface area contributed by atoms with Crippen molar-refractivity contribution in [2.45, 2.75) is 69.9 Å². The molecule has 0 aromatic heterocycles. The van der Waals surface area contributed by atoms with Gasteiger partial charge in [0.25, 0.3) is 0 Å². The molecule has 0 aliphatic heterocycles. The summed E-state index contributed by atoms with van der Waals surface area (Å²) in [5.74, 6) is 0.929. The van der Waals surface area contributed by atoms with E-state index < -0.39 is 0 Å². The van der Waals surface area contributed by atoms with Gasteiger partial charge in [-0.15, -0.1) is 0 Å². The largest absolute Gasteiger partial charge is 0.385 e. The van der Waals surface area contributed by atoms with Gasteiger partial charge in [0.05, 0.1) is 0 Å². The molecule has 0 aromatic carbocycles. The van der Waals surface area contributed by atoms with Gasteiger partial charge in [-0.2, -0.15) is 0 Å². The Morgan fingerprint density at radius 3 is 2.56 bits per heavy atom. The molecule has 16 heavy (non-hydrogen) atoms. The standard InChI is InChI=1S/C14H27NO/c1-12-5-6-13(11-12)15-14(9-10-16-2)7-3-4-8-14/h12-13,15H,3-11H2,1-2H3. The fraction of sp³-hybridized carbons (Fsp3) is 1.00. The van der Waals surface area contributed by atoms with E-state index in [0.29, 0.717) is 5.54 Å². The van der Waals surface area contributed by atoms with Crippen LogP contribution in [0.1, 0.15) is 58.3 Å². The number of methoxy groups -OCH3 is 1. The number of hydrogen-bond acceptors (Lipinski definition) is 2. The van der Waals surface area contributed by atoms with Gasteiger partial charge >= 0.3 is 0 Å². The summed E-state index contributed by atoms with van der Waals surface area (Å²) < 4.78 is 5.27. The molecule has 2 aliphatic rings. The fourth-order valence-corrected chi connectivity index (χ4v) is 3.59. The van der Waals surface area contributed by atoms with E-state index in [0.717, 1.165) is 18.6 Å². The summed E-state index contributed by atoms with van der Waals surface area (Å²) in [5.41, 5.74) is 0.421. The van der Waals surface area contributed by atoms with E-state index in [9.17, 15) is 0 Å². The second kappa shape index (κ2) is 5.50. The molecule has 0 spiro atoms. The Labute approximate surface area is 100 Å². The van der Waals surface area contributed by atoms with Gasteiger partial charge in [-0.25, -0.2) is 0 Å². The second-order valence-electron chi connectivity index (χ2n) is 5.99. The van der Waals surface area contributed by atoms with E-state index in [-0.39, 0.29) is 0 Å². The van der Waals surface area contributed by atoms with E-state index in [1.54, 1.807) is 0 Å². The highest BCUT2D eigenvalue weighted by molar-refractivity contribution is 4.96. The highest BCUT2D eigenvalue weighted by Gasteiger charge is 2.36. The lowest BCUT2D eigenvalue weighted by Gasteiger charge is -2.34. The second-order valence-corrected chi connectivity index (χ2v) is 5.99.